The van der Waals surface area contributed by atoms with Gasteiger partial charge in [-0.25, -0.2) is 14.4 Å². The number of hydrogen-bond donors (Lipinski definition) is 3. The summed E-state index contributed by atoms with van der Waals surface area (Å²) >= 11 is 0. The maximum atomic E-state index is 13.2. The number of amides is 2. The fourth-order valence-electron chi connectivity index (χ4n) is 4.82. The van der Waals surface area contributed by atoms with Crippen molar-refractivity contribution in [3.8, 4) is 22.6 Å². The molecule has 0 saturated carbocycles. The largest absolute Gasteiger partial charge is 0.493 e. The molecule has 0 heterocycles. The normalized spacial score (nSPS) is 12.4. The van der Waals surface area contributed by atoms with E-state index in [0.717, 1.165) is 27.5 Å². The summed E-state index contributed by atoms with van der Waals surface area (Å²) in [5.74, 6) is -1.74. The van der Waals surface area contributed by atoms with Crippen molar-refractivity contribution in [1.29, 1.82) is 0 Å². The van der Waals surface area contributed by atoms with Crippen molar-refractivity contribution in [2.45, 2.75) is 32.4 Å². The summed E-state index contributed by atoms with van der Waals surface area (Å²) < 4.78 is 10.5. The lowest BCUT2D eigenvalue weighted by Crippen LogP contribution is -2.52. The quantitative estimate of drug-likeness (QED) is 0.155. The molecule has 9 heteroatoms. The maximum absolute atomic E-state index is 13.2. The topological polar surface area (TPSA) is 125 Å². The van der Waals surface area contributed by atoms with E-state index in [1.165, 1.54) is 18.1 Å². The third kappa shape index (κ3) is 8.11. The van der Waals surface area contributed by atoms with Crippen molar-refractivity contribution in [2.75, 3.05) is 20.2 Å². The number of carbonyl (C=O) groups is 3. The van der Waals surface area contributed by atoms with Crippen molar-refractivity contribution < 1.29 is 34.1 Å². The number of nitrogens with one attached hydrogen (secondary N) is 1. The second kappa shape index (κ2) is 14.3. The van der Waals surface area contributed by atoms with Crippen LogP contribution in [0.4, 0.5) is 4.79 Å². The van der Waals surface area contributed by atoms with Crippen molar-refractivity contribution in [3.05, 3.63) is 96.6 Å². The van der Waals surface area contributed by atoms with Gasteiger partial charge in [-0.15, -0.1) is 0 Å². The second-order valence-corrected chi connectivity index (χ2v) is 10.7. The van der Waals surface area contributed by atoms with Crippen molar-refractivity contribution in [3.63, 3.8) is 0 Å². The molecule has 2 amide bonds. The Hall–Kier alpha value is -4.89. The number of para-hydroxylation sites is 2. The zero-order valence-corrected chi connectivity index (χ0v) is 24.4. The Morgan fingerprint density at radius 2 is 1.49 bits per heavy atom. The van der Waals surface area contributed by atoms with Crippen LogP contribution in [-0.2, 0) is 16.0 Å². The molecule has 4 aromatic rings. The molecule has 0 spiro atoms. The summed E-state index contributed by atoms with van der Waals surface area (Å²) in [6, 6.07) is 26.3. The lowest BCUT2D eigenvalue weighted by Gasteiger charge is -2.28. The van der Waals surface area contributed by atoms with Crippen molar-refractivity contribution >= 4 is 28.7 Å². The summed E-state index contributed by atoms with van der Waals surface area (Å²) in [5.41, 5.74) is 2.79. The van der Waals surface area contributed by atoms with Gasteiger partial charge in [0.2, 0.25) is 0 Å². The number of carboxylic acids is 1. The number of aliphatic carboxylic acids is 1. The highest BCUT2D eigenvalue weighted by Gasteiger charge is 2.28. The molecule has 4 rings (SSSR count). The Kier molecular flexibility index (Phi) is 10.3. The predicted octanol–water partition coefficient (Wildman–Crippen LogP) is 5.15. The number of carboxylic acid groups (broad SMARTS) is 1. The number of rotatable bonds is 12. The van der Waals surface area contributed by atoms with Gasteiger partial charge in [0.15, 0.2) is 17.6 Å². The molecule has 0 aliphatic heterocycles. The highest BCUT2D eigenvalue weighted by Crippen LogP contribution is 2.29. The molecule has 224 valence electrons. The van der Waals surface area contributed by atoms with Gasteiger partial charge < -0.3 is 29.9 Å². The highest BCUT2D eigenvalue weighted by molar-refractivity contribution is 5.96. The molecule has 2 atom stereocenters. The third-order valence-corrected chi connectivity index (χ3v) is 6.91. The molecule has 0 aliphatic carbocycles. The Morgan fingerprint density at radius 1 is 0.837 bits per heavy atom. The first kappa shape index (κ1) is 31.1. The van der Waals surface area contributed by atoms with Crippen LogP contribution in [0.3, 0.4) is 0 Å². The van der Waals surface area contributed by atoms with Crippen molar-refractivity contribution in [2.24, 2.45) is 5.92 Å². The second-order valence-electron chi connectivity index (χ2n) is 10.7. The molecule has 1 unspecified atom stereocenters. The lowest BCUT2D eigenvalue weighted by molar-refractivity contribution is -0.144. The minimum Gasteiger partial charge on any atom is -0.493 e. The van der Waals surface area contributed by atoms with Crippen molar-refractivity contribution in [1.82, 2.24) is 10.2 Å². The zero-order valence-electron chi connectivity index (χ0n) is 24.4. The molecular weight excluding hydrogens is 548 g/mol. The minimum absolute atomic E-state index is 0.0203. The van der Waals surface area contributed by atoms with Gasteiger partial charge in [0, 0.05) is 13.0 Å². The summed E-state index contributed by atoms with van der Waals surface area (Å²) in [5, 5.41) is 25.3. The number of urea groups is 1. The van der Waals surface area contributed by atoms with Crippen LogP contribution in [-0.4, -0.2) is 65.4 Å². The van der Waals surface area contributed by atoms with Crippen LogP contribution in [0.1, 0.15) is 19.4 Å². The van der Waals surface area contributed by atoms with E-state index in [0.29, 0.717) is 5.75 Å². The Labute approximate surface area is 250 Å². The van der Waals surface area contributed by atoms with Gasteiger partial charge in [-0.3, -0.25) is 0 Å². The van der Waals surface area contributed by atoms with Crippen LogP contribution >= 0.6 is 0 Å². The minimum atomic E-state index is -1.67. The van der Waals surface area contributed by atoms with Gasteiger partial charge in [-0.1, -0.05) is 92.7 Å². The van der Waals surface area contributed by atoms with Gasteiger partial charge >= 0.3 is 18.0 Å². The molecule has 0 radical (unpaired) electrons. The van der Waals surface area contributed by atoms with E-state index in [1.807, 2.05) is 62.4 Å². The van der Waals surface area contributed by atoms with Crippen LogP contribution in [0.2, 0.25) is 0 Å². The monoisotopic (exact) mass is 584 g/mol. The van der Waals surface area contributed by atoms with Crippen LogP contribution in [0, 0.1) is 5.92 Å². The maximum Gasteiger partial charge on any atom is 0.342 e. The Bertz CT molecular complexity index is 1560. The number of esters is 1. The first-order valence-electron chi connectivity index (χ1n) is 14.0. The molecule has 0 bridgehead atoms. The highest BCUT2D eigenvalue weighted by atomic mass is 16.6. The van der Waals surface area contributed by atoms with Gasteiger partial charge in [-0.2, -0.15) is 0 Å². The van der Waals surface area contributed by atoms with Gasteiger partial charge in [-0.05, 0) is 45.5 Å². The lowest BCUT2D eigenvalue weighted by atomic mass is 9.96. The van der Waals surface area contributed by atoms with Crippen LogP contribution in [0.5, 0.6) is 11.5 Å². The van der Waals surface area contributed by atoms with E-state index in [2.05, 4.69) is 23.5 Å². The number of carbonyl (C=O) groups excluding carboxylic acids is 2. The SMILES string of the molecule is COc1ccccc1OC(=O)C(O)CN(CC(C)C)C(=O)N[C@@H](Cc1ccc(-c2cccc3ccccc23)cc1)C(=O)O. The van der Waals surface area contributed by atoms with E-state index in [4.69, 9.17) is 9.47 Å². The average molecular weight is 585 g/mol. The molecule has 0 aromatic heterocycles. The molecule has 0 aliphatic rings. The van der Waals surface area contributed by atoms with Crippen LogP contribution in [0.25, 0.3) is 21.9 Å². The summed E-state index contributed by atoms with van der Waals surface area (Å²) in [4.78, 5) is 39.2. The molecular formula is C34H36N2O7. The van der Waals surface area contributed by atoms with E-state index in [9.17, 15) is 24.6 Å². The number of aliphatic hydroxyl groups is 1. The number of hydrogen-bond acceptors (Lipinski definition) is 6. The molecule has 0 saturated heterocycles. The van der Waals surface area contributed by atoms with Gasteiger partial charge in [0.25, 0.3) is 0 Å². The summed E-state index contributed by atoms with van der Waals surface area (Å²) in [7, 11) is 1.43. The number of ether oxygens (including phenoxy) is 2. The van der Waals surface area contributed by atoms with Gasteiger partial charge in [0.05, 0.1) is 13.7 Å². The number of methoxy groups -OCH3 is 1. The van der Waals surface area contributed by atoms with E-state index in [1.54, 1.807) is 18.2 Å². The number of nitrogens with zero attached hydrogens (tertiary/aromatic N) is 1. The number of aliphatic hydroxyl groups excluding tert-OH is 1. The summed E-state index contributed by atoms with van der Waals surface area (Å²) in [6.45, 7) is 3.53. The third-order valence-electron chi connectivity index (χ3n) is 6.91. The number of fused-ring (bicyclic) bond motifs is 1. The first-order chi connectivity index (χ1) is 20.7. The molecule has 0 fully saturated rings. The molecule has 4 aromatic carbocycles. The van der Waals surface area contributed by atoms with Crippen LogP contribution < -0.4 is 14.8 Å². The molecule has 3 N–H and O–H groups in total. The predicted molar refractivity (Wildman–Crippen MR) is 164 cm³/mol. The molecule has 9 nitrogen and oxygen atoms in total. The van der Waals surface area contributed by atoms with E-state index < -0.39 is 30.1 Å². The summed E-state index contributed by atoms with van der Waals surface area (Å²) in [6.07, 6.45) is -1.62. The fourth-order valence-corrected chi connectivity index (χ4v) is 4.82. The fraction of sp³-hybridized carbons (Fsp3) is 0.265. The average Bonchev–Trinajstić information content (AvgIpc) is 3.00. The van der Waals surface area contributed by atoms with E-state index >= 15 is 0 Å². The zero-order chi connectivity index (χ0) is 30.9. The number of benzene rings is 4. The van der Waals surface area contributed by atoms with Gasteiger partial charge in [0.1, 0.15) is 6.04 Å². The van der Waals surface area contributed by atoms with E-state index in [-0.39, 0.29) is 31.2 Å². The Morgan fingerprint density at radius 3 is 2.16 bits per heavy atom. The smallest absolute Gasteiger partial charge is 0.342 e. The van der Waals surface area contributed by atoms with Crippen LogP contribution in [0.15, 0.2) is 91.0 Å². The first-order valence-corrected chi connectivity index (χ1v) is 14.0. The molecule has 43 heavy (non-hydrogen) atoms. The Balaban J connectivity index is 1.43. The standard InChI is InChI=1S/C34H36N2O7/c1-22(2)20-36(21-29(37)33(40)43-31-14-7-6-13-30(31)42-3)34(41)35-28(32(38)39)19-23-15-17-25(18-16-23)27-12-8-10-24-9-4-5-11-26(24)27/h4-18,22,28-29,37H,19-21H2,1-3H3,(H,35,41)(H,38,39)/t28-,29?/m0/s1.